The van der Waals surface area contributed by atoms with Crippen molar-refractivity contribution in [3.63, 3.8) is 0 Å². The lowest BCUT2D eigenvalue weighted by Gasteiger charge is -2.16. The van der Waals surface area contributed by atoms with Crippen molar-refractivity contribution in [2.45, 2.75) is 19.4 Å². The highest BCUT2D eigenvalue weighted by Crippen LogP contribution is 2.24. The minimum Gasteiger partial charge on any atom is -0.497 e. The van der Waals surface area contributed by atoms with Gasteiger partial charge in [-0.15, -0.1) is 0 Å². The van der Waals surface area contributed by atoms with Crippen LogP contribution in [-0.4, -0.2) is 24.1 Å². The summed E-state index contributed by atoms with van der Waals surface area (Å²) >= 11 is 2.30. The molecule has 0 spiro atoms. The Morgan fingerprint density at radius 3 is 2.60 bits per heavy atom. The average molecular weight is 390 g/mol. The van der Waals surface area contributed by atoms with Gasteiger partial charge in [-0.25, -0.2) is 4.79 Å². The number of esters is 1. The number of carbonyl (C=O) groups is 1. The molecule has 0 aliphatic carbocycles. The third-order valence-electron chi connectivity index (χ3n) is 2.59. The van der Waals surface area contributed by atoms with Crippen molar-refractivity contribution in [2.75, 3.05) is 18.1 Å². The van der Waals surface area contributed by atoms with Crippen molar-refractivity contribution in [3.05, 3.63) is 42.2 Å². The lowest BCUT2D eigenvalue weighted by atomic mass is 10.1. The number of hydrogen-bond acceptors (Lipinski definition) is 4. The zero-order chi connectivity index (χ0) is 14.8. The van der Waals surface area contributed by atoms with Crippen LogP contribution in [0.2, 0.25) is 0 Å². The monoisotopic (exact) mass is 390 g/mol. The van der Waals surface area contributed by atoms with Crippen LogP contribution in [0, 0.1) is 0 Å². The van der Waals surface area contributed by atoms with Gasteiger partial charge in [-0.2, -0.15) is 0 Å². The molecule has 1 aromatic carbocycles. The molecule has 0 amide bonds. The summed E-state index contributed by atoms with van der Waals surface area (Å²) in [6, 6.07) is 7.73. The number of ether oxygens (including phenoxy) is 3. The van der Waals surface area contributed by atoms with E-state index in [4.69, 9.17) is 14.2 Å². The fourth-order valence-electron chi connectivity index (χ4n) is 1.61. The maximum atomic E-state index is 11.2. The highest BCUT2D eigenvalue weighted by atomic mass is 127. The summed E-state index contributed by atoms with van der Waals surface area (Å²) in [5.74, 6) is 0.416. The fraction of sp³-hybridized carbons (Fsp3) is 0.400. The van der Waals surface area contributed by atoms with Gasteiger partial charge in [-0.3, -0.25) is 0 Å². The van der Waals surface area contributed by atoms with Gasteiger partial charge in [0.2, 0.25) is 0 Å². The quantitative estimate of drug-likeness (QED) is 0.224. The van der Waals surface area contributed by atoms with Crippen LogP contribution in [0.1, 0.15) is 25.0 Å². The van der Waals surface area contributed by atoms with Gasteiger partial charge < -0.3 is 14.2 Å². The van der Waals surface area contributed by atoms with E-state index >= 15 is 0 Å². The largest absolute Gasteiger partial charge is 0.497 e. The van der Waals surface area contributed by atoms with Crippen molar-refractivity contribution in [1.82, 2.24) is 0 Å². The molecule has 0 aliphatic heterocycles. The first-order valence-electron chi connectivity index (χ1n) is 6.40. The van der Waals surface area contributed by atoms with Gasteiger partial charge in [0.1, 0.15) is 11.9 Å². The fourth-order valence-corrected chi connectivity index (χ4v) is 2.18. The van der Waals surface area contributed by atoms with Gasteiger partial charge in [-0.05, 0) is 31.0 Å². The van der Waals surface area contributed by atoms with Crippen LogP contribution in [0.15, 0.2) is 36.6 Å². The maximum absolute atomic E-state index is 11.2. The van der Waals surface area contributed by atoms with E-state index in [0.717, 1.165) is 22.2 Å². The summed E-state index contributed by atoms with van der Waals surface area (Å²) < 4.78 is 16.5. The zero-order valence-corrected chi connectivity index (χ0v) is 13.8. The van der Waals surface area contributed by atoms with Crippen molar-refractivity contribution in [1.29, 1.82) is 0 Å². The van der Waals surface area contributed by atoms with Crippen LogP contribution in [0.4, 0.5) is 0 Å². The molecule has 20 heavy (non-hydrogen) atoms. The van der Waals surface area contributed by atoms with E-state index in [1.165, 1.54) is 12.3 Å². The second-order valence-electron chi connectivity index (χ2n) is 3.93. The predicted molar refractivity (Wildman–Crippen MR) is 86.1 cm³/mol. The Kier molecular flexibility index (Phi) is 8.10. The number of methoxy groups -OCH3 is 1. The summed E-state index contributed by atoms with van der Waals surface area (Å²) in [6.45, 7) is 2.13. The number of halogens is 1. The molecular formula is C15H19IO4. The van der Waals surface area contributed by atoms with E-state index in [1.54, 1.807) is 14.0 Å². The van der Waals surface area contributed by atoms with Crippen LogP contribution in [0.5, 0.6) is 5.75 Å². The molecule has 0 bridgehead atoms. The number of benzene rings is 1. The minimum atomic E-state index is -0.393. The second kappa shape index (κ2) is 9.63. The summed E-state index contributed by atoms with van der Waals surface area (Å²) in [5.41, 5.74) is 1.05. The molecular weight excluding hydrogens is 371 g/mol. The number of carbonyl (C=O) groups excluding carboxylic acids is 1. The molecule has 0 saturated heterocycles. The smallest absolute Gasteiger partial charge is 0.333 e. The van der Waals surface area contributed by atoms with E-state index in [-0.39, 0.29) is 6.10 Å². The van der Waals surface area contributed by atoms with Crippen molar-refractivity contribution in [2.24, 2.45) is 0 Å². The Morgan fingerprint density at radius 2 is 2.05 bits per heavy atom. The van der Waals surface area contributed by atoms with E-state index < -0.39 is 5.97 Å². The summed E-state index contributed by atoms with van der Waals surface area (Å²) in [6.07, 6.45) is 3.48. The summed E-state index contributed by atoms with van der Waals surface area (Å²) in [5, 5.41) is 0. The van der Waals surface area contributed by atoms with Gasteiger partial charge >= 0.3 is 5.97 Å². The van der Waals surface area contributed by atoms with E-state index in [0.29, 0.717) is 6.61 Å². The summed E-state index contributed by atoms with van der Waals surface area (Å²) in [7, 11) is 1.63. The third-order valence-corrected chi connectivity index (χ3v) is 3.22. The van der Waals surface area contributed by atoms with E-state index in [9.17, 15) is 4.79 Å². The molecule has 0 N–H and O–H groups in total. The Hall–Kier alpha value is -1.24. The normalized spacial score (nSPS) is 12.2. The molecule has 4 nitrogen and oxygen atoms in total. The molecule has 0 heterocycles. The highest BCUT2D eigenvalue weighted by molar-refractivity contribution is 14.1. The van der Waals surface area contributed by atoms with Crippen LogP contribution >= 0.6 is 22.6 Å². The third kappa shape index (κ3) is 5.81. The zero-order valence-electron chi connectivity index (χ0n) is 11.7. The number of rotatable bonds is 8. The topological polar surface area (TPSA) is 44.8 Å². The van der Waals surface area contributed by atoms with E-state index in [2.05, 4.69) is 22.6 Å². The lowest BCUT2D eigenvalue weighted by molar-refractivity contribution is -0.137. The van der Waals surface area contributed by atoms with Crippen molar-refractivity contribution in [3.8, 4) is 5.75 Å². The van der Waals surface area contributed by atoms with Crippen LogP contribution < -0.4 is 4.74 Å². The molecule has 5 heteroatoms. The van der Waals surface area contributed by atoms with Crippen molar-refractivity contribution >= 4 is 28.6 Å². The molecule has 1 unspecified atom stereocenters. The SMILES string of the molecule is CCOC(=O)/C=C/OC(CCI)c1ccc(OC)cc1. The van der Waals surface area contributed by atoms with Gasteiger partial charge in [-0.1, -0.05) is 34.7 Å². The molecule has 0 aliphatic rings. The lowest BCUT2D eigenvalue weighted by Crippen LogP contribution is -2.03. The van der Waals surface area contributed by atoms with Gasteiger partial charge in [0.25, 0.3) is 0 Å². The minimum absolute atomic E-state index is 0.0801. The molecule has 1 rings (SSSR count). The standard InChI is InChI=1S/C15H19IO4/c1-3-19-15(17)9-11-20-14(8-10-16)12-4-6-13(18-2)7-5-12/h4-7,9,11,14H,3,8,10H2,1-2H3/b11-9+. The van der Waals surface area contributed by atoms with Crippen LogP contribution in [0.25, 0.3) is 0 Å². The number of alkyl halides is 1. The Labute approximate surface area is 133 Å². The highest BCUT2D eigenvalue weighted by Gasteiger charge is 2.11. The van der Waals surface area contributed by atoms with Gasteiger partial charge in [0.05, 0.1) is 26.1 Å². The maximum Gasteiger partial charge on any atom is 0.333 e. The van der Waals surface area contributed by atoms with Gasteiger partial charge in [0.15, 0.2) is 0 Å². The van der Waals surface area contributed by atoms with E-state index in [1.807, 2.05) is 24.3 Å². The predicted octanol–water partition coefficient (Wildman–Crippen LogP) is 3.65. The average Bonchev–Trinajstić information content (AvgIpc) is 2.47. The summed E-state index contributed by atoms with van der Waals surface area (Å²) in [4.78, 5) is 11.2. The van der Waals surface area contributed by atoms with Crippen molar-refractivity contribution < 1.29 is 19.0 Å². The molecule has 1 aromatic rings. The molecule has 0 fully saturated rings. The molecule has 0 radical (unpaired) electrons. The van der Waals surface area contributed by atoms with Gasteiger partial charge in [0, 0.05) is 4.43 Å². The van der Waals surface area contributed by atoms with Crippen LogP contribution in [-0.2, 0) is 14.3 Å². The first-order valence-corrected chi connectivity index (χ1v) is 7.92. The Morgan fingerprint density at radius 1 is 1.35 bits per heavy atom. The second-order valence-corrected chi connectivity index (χ2v) is 5.01. The first kappa shape index (κ1) is 16.8. The Balaban J connectivity index is 2.65. The molecule has 1 atom stereocenters. The molecule has 110 valence electrons. The van der Waals surface area contributed by atoms with Crippen LogP contribution in [0.3, 0.4) is 0 Å². The molecule has 0 saturated carbocycles. The first-order chi connectivity index (χ1) is 9.71. The molecule has 0 aromatic heterocycles. The Bertz CT molecular complexity index is 428. The number of hydrogen-bond donors (Lipinski definition) is 0.